The second-order valence-corrected chi connectivity index (χ2v) is 5.42. The van der Waals surface area contributed by atoms with Gasteiger partial charge < -0.3 is 10.1 Å². The molecule has 1 N–H and O–H groups in total. The molecule has 0 fully saturated rings. The number of ether oxygens (including phenoxy) is 1. The Kier molecular flexibility index (Phi) is 5.81. The Hall–Kier alpha value is -2.54. The Morgan fingerprint density at radius 1 is 1.38 bits per heavy atom. The summed E-state index contributed by atoms with van der Waals surface area (Å²) in [6.45, 7) is 2.27. The molecule has 0 aliphatic heterocycles. The second-order valence-electron chi connectivity index (χ2n) is 5.42. The predicted octanol–water partition coefficient (Wildman–Crippen LogP) is 1.45. The topological polar surface area (TPSA) is 73.2 Å². The van der Waals surface area contributed by atoms with Crippen molar-refractivity contribution < 1.29 is 13.9 Å². The zero-order chi connectivity index (χ0) is 17.6. The molecule has 0 saturated heterocycles. The van der Waals surface area contributed by atoms with Crippen LogP contribution in [0.5, 0.6) is 0 Å². The maximum absolute atomic E-state index is 14.0. The number of aryl methyl sites for hydroxylation is 1. The summed E-state index contributed by atoms with van der Waals surface area (Å²) in [5, 5.41) is 2.72. The van der Waals surface area contributed by atoms with Crippen LogP contribution in [-0.4, -0.2) is 29.1 Å². The monoisotopic (exact) mass is 333 g/mol. The molecule has 1 unspecified atom stereocenters. The minimum Gasteiger partial charge on any atom is -0.364 e. The van der Waals surface area contributed by atoms with E-state index in [0.717, 1.165) is 0 Å². The molecule has 1 heterocycles. The third-order valence-corrected chi connectivity index (χ3v) is 3.87. The van der Waals surface area contributed by atoms with Gasteiger partial charge in [-0.05, 0) is 25.5 Å². The standard InChI is InChI=1S/C17H20FN3O3/c1-17(24-2,13-7-3-4-8-14(13)18)15(22)19-9-5-11-21-12-6-10-20-16(21)23/h3-4,6-8,10,12H,5,9,11H2,1-2H3,(H,19,22). The molecular weight excluding hydrogens is 313 g/mol. The lowest BCUT2D eigenvalue weighted by Crippen LogP contribution is -2.44. The minimum absolute atomic E-state index is 0.175. The summed E-state index contributed by atoms with van der Waals surface area (Å²) in [7, 11) is 1.36. The molecular formula is C17H20FN3O3. The summed E-state index contributed by atoms with van der Waals surface area (Å²) in [6, 6.07) is 7.68. The number of carbonyl (C=O) groups excluding carboxylic acids is 1. The van der Waals surface area contributed by atoms with Gasteiger partial charge >= 0.3 is 5.69 Å². The largest absolute Gasteiger partial charge is 0.364 e. The van der Waals surface area contributed by atoms with E-state index in [0.29, 0.717) is 19.5 Å². The summed E-state index contributed by atoms with van der Waals surface area (Å²) >= 11 is 0. The van der Waals surface area contributed by atoms with E-state index in [1.165, 1.54) is 36.9 Å². The fourth-order valence-corrected chi connectivity index (χ4v) is 2.35. The average Bonchev–Trinajstić information content (AvgIpc) is 2.59. The van der Waals surface area contributed by atoms with Crippen molar-refractivity contribution in [3.8, 4) is 0 Å². The lowest BCUT2D eigenvalue weighted by atomic mass is 9.94. The molecule has 0 saturated carbocycles. The van der Waals surface area contributed by atoms with Gasteiger partial charge in [0.25, 0.3) is 5.91 Å². The predicted molar refractivity (Wildman–Crippen MR) is 86.9 cm³/mol. The molecule has 2 aromatic rings. The highest BCUT2D eigenvalue weighted by atomic mass is 19.1. The number of amides is 1. The van der Waals surface area contributed by atoms with Crippen LogP contribution >= 0.6 is 0 Å². The van der Waals surface area contributed by atoms with Crippen LogP contribution in [0.1, 0.15) is 18.9 Å². The van der Waals surface area contributed by atoms with Crippen LogP contribution in [0.25, 0.3) is 0 Å². The molecule has 0 aliphatic carbocycles. The Balaban J connectivity index is 1.97. The number of aromatic nitrogens is 2. The number of methoxy groups -OCH3 is 1. The Labute approximate surface area is 139 Å². The highest BCUT2D eigenvalue weighted by Crippen LogP contribution is 2.27. The molecule has 1 amide bonds. The van der Waals surface area contributed by atoms with Crippen LogP contribution in [0.2, 0.25) is 0 Å². The maximum Gasteiger partial charge on any atom is 0.347 e. The Morgan fingerprint density at radius 3 is 2.79 bits per heavy atom. The van der Waals surface area contributed by atoms with E-state index in [2.05, 4.69) is 10.3 Å². The fourth-order valence-electron chi connectivity index (χ4n) is 2.35. The summed E-state index contributed by atoms with van der Waals surface area (Å²) in [5.74, 6) is -0.937. The van der Waals surface area contributed by atoms with Crippen LogP contribution in [0.3, 0.4) is 0 Å². The number of benzene rings is 1. The molecule has 0 bridgehead atoms. The second kappa shape index (κ2) is 7.83. The number of hydrogen-bond donors (Lipinski definition) is 1. The molecule has 128 valence electrons. The van der Waals surface area contributed by atoms with Gasteiger partial charge in [0.05, 0.1) is 0 Å². The van der Waals surface area contributed by atoms with Crippen LogP contribution in [-0.2, 0) is 21.7 Å². The normalized spacial score (nSPS) is 13.3. The first kappa shape index (κ1) is 17.8. The van der Waals surface area contributed by atoms with E-state index < -0.39 is 17.3 Å². The molecule has 1 atom stereocenters. The number of nitrogens with zero attached hydrogens (tertiary/aromatic N) is 2. The number of hydrogen-bond acceptors (Lipinski definition) is 4. The van der Waals surface area contributed by atoms with Crippen LogP contribution in [0.15, 0.2) is 47.5 Å². The zero-order valence-electron chi connectivity index (χ0n) is 13.7. The molecule has 24 heavy (non-hydrogen) atoms. The van der Waals surface area contributed by atoms with E-state index in [1.807, 2.05) is 0 Å². The van der Waals surface area contributed by atoms with Crippen molar-refractivity contribution in [2.75, 3.05) is 13.7 Å². The zero-order valence-corrected chi connectivity index (χ0v) is 13.7. The van der Waals surface area contributed by atoms with Gasteiger partial charge in [0.15, 0.2) is 5.60 Å². The van der Waals surface area contributed by atoms with Gasteiger partial charge in [-0.25, -0.2) is 14.2 Å². The van der Waals surface area contributed by atoms with Crippen molar-refractivity contribution in [3.63, 3.8) is 0 Å². The summed E-state index contributed by atoms with van der Waals surface area (Å²) in [6.07, 6.45) is 3.60. The Morgan fingerprint density at radius 2 is 2.12 bits per heavy atom. The highest BCUT2D eigenvalue weighted by Gasteiger charge is 2.37. The van der Waals surface area contributed by atoms with Gasteiger partial charge in [0, 0.05) is 38.2 Å². The van der Waals surface area contributed by atoms with Crippen LogP contribution < -0.4 is 11.0 Å². The molecule has 6 nitrogen and oxygen atoms in total. The first-order valence-electron chi connectivity index (χ1n) is 7.59. The van der Waals surface area contributed by atoms with Gasteiger partial charge in [0.2, 0.25) is 0 Å². The SMILES string of the molecule is COC(C)(C(=O)NCCCn1cccnc1=O)c1ccccc1F. The first-order valence-corrected chi connectivity index (χ1v) is 7.59. The van der Waals surface area contributed by atoms with Crippen molar-refractivity contribution in [1.82, 2.24) is 14.9 Å². The van der Waals surface area contributed by atoms with Gasteiger partial charge in [-0.1, -0.05) is 18.2 Å². The molecule has 0 spiro atoms. The van der Waals surface area contributed by atoms with Gasteiger partial charge in [0.1, 0.15) is 5.82 Å². The number of carbonyl (C=O) groups is 1. The quantitative estimate of drug-likeness (QED) is 0.779. The molecule has 0 aliphatic rings. The first-order chi connectivity index (χ1) is 11.5. The molecule has 7 heteroatoms. The van der Waals surface area contributed by atoms with E-state index >= 15 is 0 Å². The fraction of sp³-hybridized carbons (Fsp3) is 0.353. The van der Waals surface area contributed by atoms with Crippen LogP contribution in [0, 0.1) is 5.82 Å². The van der Waals surface area contributed by atoms with E-state index in [-0.39, 0.29) is 11.3 Å². The number of nitrogens with one attached hydrogen (secondary N) is 1. The molecule has 2 rings (SSSR count). The van der Waals surface area contributed by atoms with Gasteiger partial charge in [-0.2, -0.15) is 0 Å². The van der Waals surface area contributed by atoms with Gasteiger partial charge in [-0.3, -0.25) is 9.36 Å². The van der Waals surface area contributed by atoms with E-state index in [1.54, 1.807) is 24.4 Å². The third-order valence-electron chi connectivity index (χ3n) is 3.87. The van der Waals surface area contributed by atoms with E-state index in [9.17, 15) is 14.0 Å². The van der Waals surface area contributed by atoms with Crippen molar-refractivity contribution in [2.45, 2.75) is 25.5 Å². The smallest absolute Gasteiger partial charge is 0.347 e. The molecule has 1 aromatic heterocycles. The van der Waals surface area contributed by atoms with Crippen molar-refractivity contribution >= 4 is 5.91 Å². The minimum atomic E-state index is -1.42. The number of halogens is 1. The molecule has 0 radical (unpaired) electrons. The van der Waals surface area contributed by atoms with Gasteiger partial charge in [-0.15, -0.1) is 0 Å². The number of rotatable bonds is 7. The average molecular weight is 333 g/mol. The summed E-state index contributed by atoms with van der Waals surface area (Å²) in [4.78, 5) is 27.6. The Bertz CT molecular complexity index is 762. The van der Waals surface area contributed by atoms with Crippen molar-refractivity contribution in [1.29, 1.82) is 0 Å². The van der Waals surface area contributed by atoms with Crippen LogP contribution in [0.4, 0.5) is 4.39 Å². The van der Waals surface area contributed by atoms with E-state index in [4.69, 9.17) is 4.74 Å². The summed E-state index contributed by atoms with van der Waals surface area (Å²) in [5.41, 5.74) is -1.58. The lowest BCUT2D eigenvalue weighted by Gasteiger charge is -2.27. The third kappa shape index (κ3) is 3.86. The summed E-state index contributed by atoms with van der Waals surface area (Å²) < 4.78 is 20.7. The molecule has 1 aromatic carbocycles. The highest BCUT2D eigenvalue weighted by molar-refractivity contribution is 5.86. The van der Waals surface area contributed by atoms with Crippen molar-refractivity contribution in [3.05, 3.63) is 64.6 Å². The maximum atomic E-state index is 14.0. The lowest BCUT2D eigenvalue weighted by molar-refractivity contribution is -0.143. The van der Waals surface area contributed by atoms with Crippen molar-refractivity contribution in [2.24, 2.45) is 0 Å².